The number of hydrogen-bond acceptors (Lipinski definition) is 3. The van der Waals surface area contributed by atoms with Crippen molar-refractivity contribution in [2.75, 3.05) is 25.4 Å². The van der Waals surface area contributed by atoms with E-state index >= 15 is 0 Å². The maximum Gasteiger partial charge on any atom is 0.255 e. The smallest absolute Gasteiger partial charge is 0.255 e. The number of amides is 1. The molecule has 0 heterocycles. The van der Waals surface area contributed by atoms with Gasteiger partial charge in [0.1, 0.15) is 0 Å². The second-order valence-electron chi connectivity index (χ2n) is 5.11. The highest BCUT2D eigenvalue weighted by molar-refractivity contribution is 5.87. The fourth-order valence-corrected chi connectivity index (χ4v) is 1.98. The third-order valence-electron chi connectivity index (χ3n) is 3.18. The highest BCUT2D eigenvalue weighted by atomic mass is 19.3. The Bertz CT molecular complexity index is 447. The summed E-state index contributed by atoms with van der Waals surface area (Å²) in [5, 5.41) is 8.92. The van der Waals surface area contributed by atoms with Crippen LogP contribution in [-0.4, -0.2) is 42.0 Å². The Labute approximate surface area is 117 Å². The number of aliphatic hydroxyl groups is 1. The molecule has 0 saturated heterocycles. The number of carbonyl (C=O) groups is 1. The van der Waals surface area contributed by atoms with Crippen LogP contribution in [0.5, 0.6) is 0 Å². The largest absolute Gasteiger partial charge is 0.399 e. The van der Waals surface area contributed by atoms with Gasteiger partial charge in [0.25, 0.3) is 6.43 Å². The fraction of sp³-hybridized carbons (Fsp3) is 0.500. The molecule has 0 aromatic heterocycles. The first-order valence-corrected chi connectivity index (χ1v) is 6.33. The number of alkyl halides is 2. The van der Waals surface area contributed by atoms with Crippen molar-refractivity contribution in [3.63, 3.8) is 0 Å². The molecule has 1 rings (SSSR count). The van der Waals surface area contributed by atoms with Crippen LogP contribution in [0.25, 0.3) is 0 Å². The third kappa shape index (κ3) is 3.90. The number of aliphatic hydroxyl groups excluding tert-OH is 1. The lowest BCUT2D eigenvalue weighted by Gasteiger charge is -2.32. The monoisotopic (exact) mass is 286 g/mol. The summed E-state index contributed by atoms with van der Waals surface area (Å²) in [4.78, 5) is 13.4. The number of nitrogens with zero attached hydrogens (tertiary/aromatic N) is 1. The molecule has 0 aliphatic rings. The molecule has 0 unspecified atom stereocenters. The van der Waals surface area contributed by atoms with E-state index in [0.29, 0.717) is 11.3 Å². The number of hydrogen-bond donors (Lipinski definition) is 2. The van der Waals surface area contributed by atoms with Gasteiger partial charge in [-0.05, 0) is 31.5 Å². The van der Waals surface area contributed by atoms with Crippen molar-refractivity contribution in [3.8, 4) is 0 Å². The van der Waals surface area contributed by atoms with Crippen LogP contribution in [0.1, 0.15) is 19.4 Å². The van der Waals surface area contributed by atoms with Gasteiger partial charge in [-0.25, -0.2) is 8.78 Å². The molecule has 20 heavy (non-hydrogen) atoms. The minimum absolute atomic E-state index is 0.110. The summed E-state index contributed by atoms with van der Waals surface area (Å²) in [6.45, 7) is 2.18. The second kappa shape index (κ2) is 6.65. The zero-order valence-corrected chi connectivity index (χ0v) is 11.6. The van der Waals surface area contributed by atoms with Crippen molar-refractivity contribution < 1.29 is 18.7 Å². The molecule has 0 aliphatic carbocycles. The normalized spacial score (nSPS) is 11.7. The average Bonchev–Trinajstić information content (AvgIpc) is 2.37. The van der Waals surface area contributed by atoms with Crippen LogP contribution < -0.4 is 5.73 Å². The van der Waals surface area contributed by atoms with Crippen LogP contribution in [0.3, 0.4) is 0 Å². The van der Waals surface area contributed by atoms with Gasteiger partial charge in [-0.3, -0.25) is 4.79 Å². The molecule has 0 spiro atoms. The van der Waals surface area contributed by atoms with Crippen molar-refractivity contribution in [1.82, 2.24) is 4.90 Å². The number of nitrogens with two attached hydrogens (primary N) is 1. The van der Waals surface area contributed by atoms with Crippen LogP contribution in [0.2, 0.25) is 0 Å². The molecule has 0 aliphatic heterocycles. The van der Waals surface area contributed by atoms with Crippen molar-refractivity contribution in [1.29, 1.82) is 0 Å². The zero-order chi connectivity index (χ0) is 15.3. The van der Waals surface area contributed by atoms with E-state index in [1.54, 1.807) is 38.1 Å². The van der Waals surface area contributed by atoms with Gasteiger partial charge in [-0.15, -0.1) is 0 Å². The summed E-state index contributed by atoms with van der Waals surface area (Å²) in [7, 11) is 0. The van der Waals surface area contributed by atoms with Crippen molar-refractivity contribution in [3.05, 3.63) is 29.8 Å². The van der Waals surface area contributed by atoms with E-state index in [1.807, 2.05) is 0 Å². The summed E-state index contributed by atoms with van der Waals surface area (Å²) >= 11 is 0. The molecule has 6 heteroatoms. The summed E-state index contributed by atoms with van der Waals surface area (Å²) < 4.78 is 25.0. The minimum atomic E-state index is -2.63. The highest BCUT2D eigenvalue weighted by Crippen LogP contribution is 2.26. The standard InChI is InChI=1S/C14H20F2N2O2/c1-14(2,10-3-5-11(17)6-4-10)13(20)18(7-8-19)9-12(15)16/h3-6,12,19H,7-9,17H2,1-2H3. The summed E-state index contributed by atoms with van der Waals surface area (Å²) in [5.41, 5.74) is 5.89. The topological polar surface area (TPSA) is 66.6 Å². The molecule has 1 aromatic rings. The molecule has 0 saturated carbocycles. The van der Waals surface area contributed by atoms with Gasteiger partial charge in [-0.1, -0.05) is 12.1 Å². The Kier molecular flexibility index (Phi) is 5.44. The zero-order valence-electron chi connectivity index (χ0n) is 11.6. The van der Waals surface area contributed by atoms with E-state index in [2.05, 4.69) is 0 Å². The van der Waals surface area contributed by atoms with Gasteiger partial charge in [0.15, 0.2) is 0 Å². The van der Waals surface area contributed by atoms with Gasteiger partial charge in [0.2, 0.25) is 5.91 Å². The molecule has 0 radical (unpaired) electrons. The van der Waals surface area contributed by atoms with E-state index in [9.17, 15) is 13.6 Å². The minimum Gasteiger partial charge on any atom is -0.399 e. The lowest BCUT2D eigenvalue weighted by molar-refractivity contribution is -0.138. The Morgan fingerprint density at radius 3 is 2.35 bits per heavy atom. The average molecular weight is 286 g/mol. The first-order valence-electron chi connectivity index (χ1n) is 6.33. The highest BCUT2D eigenvalue weighted by Gasteiger charge is 2.34. The van der Waals surface area contributed by atoms with E-state index in [1.165, 1.54) is 0 Å². The van der Waals surface area contributed by atoms with Crippen molar-refractivity contribution >= 4 is 11.6 Å². The number of nitrogen functional groups attached to an aromatic ring is 1. The van der Waals surface area contributed by atoms with Crippen LogP contribution in [0.15, 0.2) is 24.3 Å². The van der Waals surface area contributed by atoms with E-state index in [-0.39, 0.29) is 13.2 Å². The van der Waals surface area contributed by atoms with Gasteiger partial charge in [0.05, 0.1) is 18.6 Å². The Balaban J connectivity index is 2.98. The molecule has 3 N–H and O–H groups in total. The molecule has 0 bridgehead atoms. The Morgan fingerprint density at radius 1 is 1.35 bits per heavy atom. The Morgan fingerprint density at radius 2 is 1.90 bits per heavy atom. The number of benzene rings is 1. The van der Waals surface area contributed by atoms with Crippen molar-refractivity contribution in [2.45, 2.75) is 25.7 Å². The quantitative estimate of drug-likeness (QED) is 0.781. The molecule has 1 aromatic carbocycles. The number of anilines is 1. The predicted molar refractivity (Wildman–Crippen MR) is 73.6 cm³/mol. The van der Waals surface area contributed by atoms with Crippen LogP contribution in [-0.2, 0) is 10.2 Å². The summed E-state index contributed by atoms with van der Waals surface area (Å²) in [5.74, 6) is -0.448. The van der Waals surface area contributed by atoms with Gasteiger partial charge in [-0.2, -0.15) is 0 Å². The lowest BCUT2D eigenvalue weighted by atomic mass is 9.83. The molecule has 4 nitrogen and oxygen atoms in total. The summed E-state index contributed by atoms with van der Waals surface area (Å²) in [6.07, 6.45) is -2.63. The van der Waals surface area contributed by atoms with Crippen LogP contribution in [0, 0.1) is 0 Å². The van der Waals surface area contributed by atoms with E-state index < -0.39 is 24.3 Å². The molecule has 1 amide bonds. The predicted octanol–water partition coefficient (Wildman–Crippen LogP) is 1.63. The number of carbonyl (C=O) groups excluding carboxylic acids is 1. The molecule has 0 fully saturated rings. The van der Waals surface area contributed by atoms with Gasteiger partial charge >= 0.3 is 0 Å². The van der Waals surface area contributed by atoms with Gasteiger partial charge < -0.3 is 15.7 Å². The third-order valence-corrected chi connectivity index (χ3v) is 3.18. The molecular weight excluding hydrogens is 266 g/mol. The fourth-order valence-electron chi connectivity index (χ4n) is 1.98. The first kappa shape index (κ1) is 16.4. The van der Waals surface area contributed by atoms with E-state index in [0.717, 1.165) is 4.90 Å². The van der Waals surface area contributed by atoms with Crippen molar-refractivity contribution in [2.24, 2.45) is 0 Å². The lowest BCUT2D eigenvalue weighted by Crippen LogP contribution is -2.46. The van der Waals surface area contributed by atoms with E-state index in [4.69, 9.17) is 10.8 Å². The molecule has 112 valence electrons. The molecule has 0 atom stereocenters. The van der Waals surface area contributed by atoms with Gasteiger partial charge in [0, 0.05) is 12.2 Å². The number of halogens is 2. The number of rotatable bonds is 6. The van der Waals surface area contributed by atoms with Crippen LogP contribution in [0.4, 0.5) is 14.5 Å². The molecular formula is C14H20F2N2O2. The maximum absolute atomic E-state index is 12.5. The first-order chi connectivity index (χ1) is 9.28. The van der Waals surface area contributed by atoms with Crippen LogP contribution >= 0.6 is 0 Å². The Hall–Kier alpha value is -1.69. The second-order valence-corrected chi connectivity index (χ2v) is 5.11. The maximum atomic E-state index is 12.5. The SMILES string of the molecule is CC(C)(C(=O)N(CCO)CC(F)F)c1ccc(N)cc1. The summed E-state index contributed by atoms with van der Waals surface area (Å²) in [6, 6.07) is 6.72.